The average molecular weight is 1650 g/mol. The summed E-state index contributed by atoms with van der Waals surface area (Å²) in [6.07, 6.45) is 0. The van der Waals surface area contributed by atoms with Crippen LogP contribution in [0.15, 0.2) is 400 Å². The zero-order chi connectivity index (χ0) is 76.1. The van der Waals surface area contributed by atoms with Gasteiger partial charge < -0.3 is 63.4 Å². The maximum absolute atomic E-state index is 8.84. The molecule has 0 amide bonds. The first-order valence-electron chi connectivity index (χ1n) is 38.4. The van der Waals surface area contributed by atoms with Crippen molar-refractivity contribution >= 4 is 186 Å². The summed E-state index contributed by atoms with van der Waals surface area (Å²) in [7, 11) is -44.2. The lowest BCUT2D eigenvalue weighted by Crippen LogP contribution is -2.96. The molecule has 554 valence electrons. The Hall–Kier alpha value is -10.8. The Bertz CT molecular complexity index is 6000. The molecule has 8 bridgehead atoms. The van der Waals surface area contributed by atoms with E-state index in [1.54, 1.807) is 0 Å². The van der Waals surface area contributed by atoms with Gasteiger partial charge in [-0.3, -0.25) is 0 Å². The summed E-state index contributed by atoms with van der Waals surface area (Å²) in [4.78, 5) is 0. The van der Waals surface area contributed by atoms with E-state index in [4.69, 9.17) is 58.9 Å². The molecule has 0 saturated carbocycles. The number of hydrogen-bond acceptors (Lipinski definition) is 14. The molecule has 6 fully saturated rings. The van der Waals surface area contributed by atoms with Crippen molar-refractivity contribution in [3.8, 4) is 28.7 Å². The highest BCUT2D eigenvalue weighted by molar-refractivity contribution is 7.20. The monoisotopic (exact) mass is 1650 g/mol. The van der Waals surface area contributed by atoms with Gasteiger partial charge in [0.15, 0.2) is 8.07 Å². The summed E-state index contributed by atoms with van der Waals surface area (Å²) < 4.78 is 120. The molecule has 115 heavy (non-hydrogen) atoms. The van der Waals surface area contributed by atoms with Crippen LogP contribution in [-0.4, -0.2) is 89.8 Å². The Kier molecular flexibility index (Phi) is 16.2. The van der Waals surface area contributed by atoms with Crippen LogP contribution in [0.25, 0.3) is 27.5 Å². The number of para-hydroxylation sites is 2. The van der Waals surface area contributed by atoms with Crippen molar-refractivity contribution in [2.45, 2.75) is 0 Å². The summed E-state index contributed by atoms with van der Waals surface area (Å²) >= 11 is 0. The average Bonchev–Trinajstić information content (AvgIpc) is 0.809. The standard InChI is InChI=1S/C90H66BNO14Si9/c1-11-35-68(36-12-1)107(69-37-13-2-14-38-69,70-39-15-3-16-40-70)78-59-61-84-80(65-78)81-66-79(60-62-85(81)92(84)67-63-88-90-89(64-67)94-87-58-34-32-56-83(87)91(90)82-55-31-33-57-86(82)93-88)115-104-112(75-49-25-8-26-50-75)98-109(72-43-19-5-20-44-72)95-108(71-41-17-4-18-42-71)96-110(100-112,73-45-21-6-22-46-73)102-114(106-115,77-53-29-10-30-54-77)103-111(97-108,74-47-23-7-24-48-74)101-113(99-109,105-115)76-51-27-9-28-52-76/h1-66H. The summed E-state index contributed by atoms with van der Waals surface area (Å²) in [5.41, 5.74) is 5.60. The third-order valence-corrected chi connectivity index (χ3v) is 61.7. The van der Waals surface area contributed by atoms with Gasteiger partial charge in [-0.25, -0.2) is 0 Å². The topological polar surface area (TPSA) is 134 Å². The van der Waals surface area contributed by atoms with Gasteiger partial charge in [0.2, 0.25) is 0 Å². The molecule has 1 aromatic heterocycles. The van der Waals surface area contributed by atoms with Crippen LogP contribution in [0.5, 0.6) is 23.0 Å². The van der Waals surface area contributed by atoms with Gasteiger partial charge in [-0.2, -0.15) is 0 Å². The lowest BCUT2D eigenvalue weighted by molar-refractivity contribution is -0.00300. The van der Waals surface area contributed by atoms with Crippen molar-refractivity contribution in [2.75, 3.05) is 0 Å². The van der Waals surface area contributed by atoms with Crippen molar-refractivity contribution in [1.82, 2.24) is 4.57 Å². The van der Waals surface area contributed by atoms with Gasteiger partial charge >= 0.3 is 70.4 Å². The van der Waals surface area contributed by atoms with Crippen LogP contribution in [0.3, 0.4) is 0 Å². The molecule has 9 heterocycles. The van der Waals surface area contributed by atoms with Gasteiger partial charge in [0.1, 0.15) is 23.0 Å². The van der Waals surface area contributed by atoms with Crippen LogP contribution in [0, 0.1) is 0 Å². The van der Waals surface area contributed by atoms with Crippen LogP contribution in [0.2, 0.25) is 0 Å². The summed E-state index contributed by atoms with van der Waals surface area (Å²) in [6.45, 7) is -0.158. The molecular formula is C90H66BNO14Si9. The minimum Gasteiger partial charge on any atom is -0.458 e. The number of benzene rings is 15. The molecule has 6 saturated heterocycles. The molecule has 15 aromatic carbocycles. The van der Waals surface area contributed by atoms with Crippen LogP contribution < -0.4 is 88.1 Å². The van der Waals surface area contributed by atoms with Gasteiger partial charge in [-0.05, 0) is 62.0 Å². The Balaban J connectivity index is 0.863. The molecule has 15 nitrogen and oxygen atoms in total. The van der Waals surface area contributed by atoms with Gasteiger partial charge in [0.25, 0.3) is 6.71 Å². The maximum Gasteiger partial charge on any atom is 0.515 e. The molecule has 0 radical (unpaired) electrons. The predicted molar refractivity (Wildman–Crippen MR) is 463 cm³/mol. The normalized spacial score (nSPS) is 25.4. The lowest BCUT2D eigenvalue weighted by Gasteiger charge is -2.62. The lowest BCUT2D eigenvalue weighted by atomic mass is 9.35. The highest BCUT2D eigenvalue weighted by atomic mass is 28.6. The molecule has 0 N–H and O–H groups in total. The second-order valence-corrected chi connectivity index (χ2v) is 56.6. The first-order valence-corrected chi connectivity index (χ1v) is 54.2. The van der Waals surface area contributed by atoms with Crippen LogP contribution >= 0.6 is 0 Å². The molecule has 0 aliphatic carbocycles. The van der Waals surface area contributed by atoms with Gasteiger partial charge in [0, 0.05) is 69.9 Å². The third kappa shape index (κ3) is 10.8. The number of ether oxygens (including phenoxy) is 2. The molecule has 0 spiro atoms. The van der Waals surface area contributed by atoms with Crippen molar-refractivity contribution in [1.29, 1.82) is 0 Å². The quantitative estimate of drug-likeness (QED) is 0.0811. The second kappa shape index (κ2) is 26.6. The van der Waals surface area contributed by atoms with E-state index in [1.807, 2.05) is 224 Å². The first-order chi connectivity index (χ1) is 56.6. The molecular weight excluding hydrogens is 1580 g/mol. The molecule has 0 atom stereocenters. The molecule has 8 aliphatic heterocycles. The van der Waals surface area contributed by atoms with E-state index in [9.17, 15) is 0 Å². The van der Waals surface area contributed by atoms with E-state index in [-0.39, 0.29) is 6.71 Å². The maximum atomic E-state index is 8.84. The fourth-order valence-corrected chi connectivity index (χ4v) is 68.7. The van der Waals surface area contributed by atoms with E-state index in [0.29, 0.717) is 53.0 Å². The Morgan fingerprint density at radius 1 is 0.209 bits per heavy atom. The van der Waals surface area contributed by atoms with Gasteiger partial charge in [-0.15, -0.1) is 0 Å². The van der Waals surface area contributed by atoms with Crippen molar-refractivity contribution < 1.29 is 58.9 Å². The fourth-order valence-electron chi connectivity index (χ4n) is 17.8. The summed E-state index contributed by atoms with van der Waals surface area (Å²) in [5, 5.41) is 10.6. The van der Waals surface area contributed by atoms with Crippen molar-refractivity contribution in [3.05, 3.63) is 400 Å². The molecule has 8 aliphatic rings. The van der Waals surface area contributed by atoms with Crippen LogP contribution in [0.1, 0.15) is 0 Å². The summed E-state index contributed by atoms with van der Waals surface area (Å²) in [5.74, 6) is 2.93. The van der Waals surface area contributed by atoms with Gasteiger partial charge in [0.05, 0.1) is 16.7 Å². The van der Waals surface area contributed by atoms with E-state index in [1.165, 1.54) is 15.6 Å². The van der Waals surface area contributed by atoms with E-state index in [2.05, 4.69) is 180 Å². The minimum absolute atomic E-state index is 0.158. The van der Waals surface area contributed by atoms with Crippen LogP contribution in [-0.2, 0) is 49.4 Å². The smallest absolute Gasteiger partial charge is 0.458 e. The SMILES string of the molecule is c1ccc([Si]23O[Si]4(c5ccccc5)O[Si]5(c6ccccc6)O[Si](c6ccccc6)(O2)O[Si]2(c6ccccc6)O[Si](c6ccccc6)(O3)O[Si](c3ccccc3)(O4)O[Si](c3ccc4c(c3)c3cc([Si](c6ccccc6)(c6ccccc6)c6ccccc6)ccc3n4-c3cc4c6c(c3)Oc3ccccc3B6c3ccccc3O4)(O5)O2)cc1. The zero-order valence-electron chi connectivity index (χ0n) is 61.3. The molecule has 0 unspecified atom stereocenters. The summed E-state index contributed by atoms with van der Waals surface area (Å²) in [6, 6.07) is 136. The second-order valence-electron chi connectivity index (χ2n) is 29.5. The van der Waals surface area contributed by atoms with Crippen molar-refractivity contribution in [2.24, 2.45) is 0 Å². The first kappa shape index (κ1) is 69.7. The van der Waals surface area contributed by atoms with Gasteiger partial charge in [-0.1, -0.05) is 358 Å². The van der Waals surface area contributed by atoms with E-state index in [0.717, 1.165) is 60.6 Å². The zero-order valence-corrected chi connectivity index (χ0v) is 70.3. The number of hydrogen-bond donors (Lipinski definition) is 0. The predicted octanol–water partition coefficient (Wildman–Crippen LogP) is 8.22. The van der Waals surface area contributed by atoms with E-state index >= 15 is 0 Å². The minimum atomic E-state index is -5.36. The highest BCUT2D eigenvalue weighted by Gasteiger charge is 2.86. The highest BCUT2D eigenvalue weighted by Crippen LogP contribution is 2.50. The fraction of sp³-hybridized carbons (Fsp3) is 0. The Morgan fingerprint density at radius 3 is 0.765 bits per heavy atom. The van der Waals surface area contributed by atoms with Crippen molar-refractivity contribution in [3.63, 3.8) is 0 Å². The Morgan fingerprint density at radius 2 is 0.461 bits per heavy atom. The van der Waals surface area contributed by atoms with E-state index < -0.39 is 78.5 Å². The largest absolute Gasteiger partial charge is 0.515 e. The molecule has 24 rings (SSSR count). The molecule has 16 aromatic rings. The number of fused-ring (bicyclic) bond motifs is 7. The molecule has 25 heteroatoms. The number of nitrogens with zero attached hydrogens (tertiary/aromatic N) is 1. The number of aromatic nitrogens is 1. The van der Waals surface area contributed by atoms with Crippen LogP contribution in [0.4, 0.5) is 0 Å². The Labute approximate surface area is 673 Å². The third-order valence-electron chi connectivity index (χ3n) is 22.8. The number of rotatable bonds is 13.